The van der Waals surface area contributed by atoms with E-state index in [4.69, 9.17) is 0 Å². The average Bonchev–Trinajstić information content (AvgIpc) is 3.20. The molecule has 1 N–H and O–H groups in total. The smallest absolute Gasteiger partial charge is 0.282 e. The fraction of sp³-hybridized carbons (Fsp3) is 0.250. The predicted octanol–water partition coefficient (Wildman–Crippen LogP) is 3.96. The summed E-state index contributed by atoms with van der Waals surface area (Å²) in [6.45, 7) is 1.88. The largest absolute Gasteiger partial charge is 0.382 e. The van der Waals surface area contributed by atoms with Crippen LogP contribution >= 0.6 is 0 Å². The van der Waals surface area contributed by atoms with Crippen LogP contribution in [0.5, 0.6) is 0 Å². The maximum atomic E-state index is 12.6. The number of nitro groups is 1. The summed E-state index contributed by atoms with van der Waals surface area (Å²) < 4.78 is 0. The average molecular weight is 351 g/mol. The molecule has 0 spiro atoms. The van der Waals surface area contributed by atoms with Gasteiger partial charge in [0.2, 0.25) is 0 Å². The van der Waals surface area contributed by atoms with Gasteiger partial charge in [-0.15, -0.1) is 0 Å². The first-order valence-corrected chi connectivity index (χ1v) is 8.68. The van der Waals surface area contributed by atoms with Crippen molar-refractivity contribution in [2.75, 3.05) is 25.0 Å². The van der Waals surface area contributed by atoms with Crippen LogP contribution in [0.3, 0.4) is 0 Å². The van der Waals surface area contributed by atoms with Crippen LogP contribution in [0.1, 0.15) is 28.8 Å². The number of nitro benzene ring substituents is 1. The summed E-state index contributed by atoms with van der Waals surface area (Å²) in [5.41, 5.74) is 1.79. The van der Waals surface area contributed by atoms with Crippen LogP contribution in [0.4, 0.5) is 11.4 Å². The Hall–Kier alpha value is -3.15. The van der Waals surface area contributed by atoms with Gasteiger partial charge in [-0.2, -0.15) is 0 Å². The summed E-state index contributed by atoms with van der Waals surface area (Å²) in [6.07, 6.45) is 5.86. The fourth-order valence-corrected chi connectivity index (χ4v) is 3.00. The van der Waals surface area contributed by atoms with Crippen LogP contribution in [0, 0.1) is 10.1 Å². The lowest BCUT2D eigenvalue weighted by Crippen LogP contribution is -2.28. The Labute approximate surface area is 152 Å². The number of likely N-dealkylation sites (tertiary alicyclic amines) is 1. The monoisotopic (exact) mass is 351 g/mol. The second-order valence-corrected chi connectivity index (χ2v) is 6.18. The molecular weight excluding hydrogens is 330 g/mol. The standard InChI is InChI=1S/C20H21N3O3/c24-20(22-13-4-5-14-22)18-15-17(10-11-19(18)23(25)26)21-12-6-9-16-7-2-1-3-8-16/h1-3,6-11,15,21H,4-5,12-14H2/b9-6+. The summed E-state index contributed by atoms with van der Waals surface area (Å²) in [4.78, 5) is 25.1. The van der Waals surface area contributed by atoms with E-state index >= 15 is 0 Å². The van der Waals surface area contributed by atoms with Crippen LogP contribution in [-0.2, 0) is 0 Å². The molecule has 1 aliphatic rings. The van der Waals surface area contributed by atoms with Crippen LogP contribution in [0.15, 0.2) is 54.6 Å². The molecule has 1 aliphatic heterocycles. The van der Waals surface area contributed by atoms with Gasteiger partial charge in [0.25, 0.3) is 11.6 Å². The van der Waals surface area contributed by atoms with Crippen molar-refractivity contribution in [1.29, 1.82) is 0 Å². The van der Waals surface area contributed by atoms with E-state index in [9.17, 15) is 14.9 Å². The molecule has 0 bridgehead atoms. The van der Waals surface area contributed by atoms with Gasteiger partial charge >= 0.3 is 0 Å². The van der Waals surface area contributed by atoms with Crippen molar-refractivity contribution in [2.24, 2.45) is 0 Å². The van der Waals surface area contributed by atoms with Gasteiger partial charge in [-0.25, -0.2) is 0 Å². The van der Waals surface area contributed by atoms with Gasteiger partial charge in [-0.1, -0.05) is 42.5 Å². The van der Waals surface area contributed by atoms with E-state index in [0.717, 1.165) is 18.4 Å². The number of carbonyl (C=O) groups excluding carboxylic acids is 1. The van der Waals surface area contributed by atoms with Crippen molar-refractivity contribution in [3.8, 4) is 0 Å². The number of nitrogens with one attached hydrogen (secondary N) is 1. The zero-order valence-electron chi connectivity index (χ0n) is 14.4. The topological polar surface area (TPSA) is 75.5 Å². The van der Waals surface area contributed by atoms with Crippen molar-refractivity contribution in [3.63, 3.8) is 0 Å². The van der Waals surface area contributed by atoms with Gasteiger partial charge in [0, 0.05) is 31.4 Å². The second-order valence-electron chi connectivity index (χ2n) is 6.18. The van der Waals surface area contributed by atoms with E-state index in [0.29, 0.717) is 25.3 Å². The molecule has 0 unspecified atom stereocenters. The highest BCUT2D eigenvalue weighted by Gasteiger charge is 2.26. The van der Waals surface area contributed by atoms with Crippen LogP contribution in [0.2, 0.25) is 0 Å². The van der Waals surface area contributed by atoms with Gasteiger partial charge in [0.15, 0.2) is 0 Å². The van der Waals surface area contributed by atoms with E-state index in [1.54, 1.807) is 17.0 Å². The molecule has 134 valence electrons. The van der Waals surface area contributed by atoms with E-state index in [2.05, 4.69) is 5.32 Å². The molecule has 3 rings (SSSR count). The van der Waals surface area contributed by atoms with E-state index < -0.39 is 4.92 Å². The first kappa shape index (κ1) is 17.7. The maximum absolute atomic E-state index is 12.6. The molecule has 1 fully saturated rings. The maximum Gasteiger partial charge on any atom is 0.282 e. The highest BCUT2D eigenvalue weighted by atomic mass is 16.6. The number of nitrogens with zero attached hydrogens (tertiary/aromatic N) is 2. The summed E-state index contributed by atoms with van der Waals surface area (Å²) >= 11 is 0. The SMILES string of the molecule is O=C(c1cc(NC/C=C/c2ccccc2)ccc1[N+](=O)[O-])N1CCCC1. The fourth-order valence-electron chi connectivity index (χ4n) is 3.00. The molecule has 6 nitrogen and oxygen atoms in total. The molecule has 26 heavy (non-hydrogen) atoms. The molecule has 2 aromatic rings. The molecule has 1 saturated heterocycles. The molecule has 1 amide bonds. The summed E-state index contributed by atoms with van der Waals surface area (Å²) in [5, 5.41) is 14.5. The predicted molar refractivity (Wildman–Crippen MR) is 102 cm³/mol. The highest BCUT2D eigenvalue weighted by molar-refractivity contribution is 5.99. The third-order valence-corrected chi connectivity index (χ3v) is 4.35. The lowest BCUT2D eigenvalue weighted by atomic mass is 10.1. The van der Waals surface area contributed by atoms with E-state index in [1.807, 2.05) is 42.5 Å². The molecule has 0 aromatic heterocycles. The number of hydrogen-bond acceptors (Lipinski definition) is 4. The van der Waals surface area contributed by atoms with Crippen molar-refractivity contribution >= 4 is 23.4 Å². The number of anilines is 1. The number of hydrogen-bond donors (Lipinski definition) is 1. The minimum atomic E-state index is -0.498. The summed E-state index contributed by atoms with van der Waals surface area (Å²) in [5.74, 6) is -0.266. The lowest BCUT2D eigenvalue weighted by molar-refractivity contribution is -0.385. The minimum absolute atomic E-state index is 0.146. The highest BCUT2D eigenvalue weighted by Crippen LogP contribution is 2.25. The molecular formula is C20H21N3O3. The molecule has 0 radical (unpaired) electrons. The Morgan fingerprint density at radius 3 is 2.58 bits per heavy atom. The molecule has 6 heteroatoms. The first-order valence-electron chi connectivity index (χ1n) is 8.68. The first-order chi connectivity index (χ1) is 12.6. The Morgan fingerprint density at radius 2 is 1.88 bits per heavy atom. The molecule has 0 atom stereocenters. The zero-order chi connectivity index (χ0) is 18.4. The molecule has 0 aliphatic carbocycles. The molecule has 1 heterocycles. The lowest BCUT2D eigenvalue weighted by Gasteiger charge is -2.16. The third-order valence-electron chi connectivity index (χ3n) is 4.35. The zero-order valence-corrected chi connectivity index (χ0v) is 14.4. The molecule has 2 aromatic carbocycles. The van der Waals surface area contributed by atoms with Crippen molar-refractivity contribution in [1.82, 2.24) is 4.90 Å². The van der Waals surface area contributed by atoms with Crippen molar-refractivity contribution in [2.45, 2.75) is 12.8 Å². The van der Waals surface area contributed by atoms with E-state index in [-0.39, 0.29) is 17.2 Å². The number of rotatable bonds is 6. The van der Waals surface area contributed by atoms with Gasteiger partial charge in [0.1, 0.15) is 5.56 Å². The number of benzene rings is 2. The Kier molecular flexibility index (Phi) is 5.63. The minimum Gasteiger partial charge on any atom is -0.382 e. The molecule has 0 saturated carbocycles. The van der Waals surface area contributed by atoms with Gasteiger partial charge in [-0.05, 0) is 30.5 Å². The van der Waals surface area contributed by atoms with Crippen molar-refractivity contribution < 1.29 is 9.72 Å². The third kappa shape index (κ3) is 4.27. The summed E-state index contributed by atoms with van der Waals surface area (Å²) in [6, 6.07) is 14.5. The summed E-state index contributed by atoms with van der Waals surface area (Å²) in [7, 11) is 0. The Morgan fingerprint density at radius 1 is 1.15 bits per heavy atom. The van der Waals surface area contributed by atoms with Crippen molar-refractivity contribution in [3.05, 3.63) is 75.8 Å². The quantitative estimate of drug-likeness (QED) is 0.631. The van der Waals surface area contributed by atoms with Gasteiger partial charge in [0.05, 0.1) is 4.92 Å². The number of carbonyl (C=O) groups is 1. The van der Waals surface area contributed by atoms with Gasteiger partial charge in [-0.3, -0.25) is 14.9 Å². The normalized spacial score (nSPS) is 13.9. The number of amides is 1. The Balaban J connectivity index is 1.71. The van der Waals surface area contributed by atoms with Crippen LogP contribution in [0.25, 0.3) is 6.08 Å². The second kappa shape index (κ2) is 8.29. The Bertz CT molecular complexity index is 812. The van der Waals surface area contributed by atoms with E-state index in [1.165, 1.54) is 6.07 Å². The van der Waals surface area contributed by atoms with Crippen LogP contribution < -0.4 is 5.32 Å². The van der Waals surface area contributed by atoms with Crippen LogP contribution in [-0.4, -0.2) is 35.4 Å². The van der Waals surface area contributed by atoms with Gasteiger partial charge < -0.3 is 10.2 Å².